The van der Waals surface area contributed by atoms with E-state index in [2.05, 4.69) is 13.0 Å². The zero-order valence-corrected chi connectivity index (χ0v) is 17.7. The van der Waals surface area contributed by atoms with E-state index >= 15 is 0 Å². The van der Waals surface area contributed by atoms with Gasteiger partial charge >= 0.3 is 0 Å². The van der Waals surface area contributed by atoms with Crippen LogP contribution in [-0.4, -0.2) is 30.2 Å². The predicted molar refractivity (Wildman–Crippen MR) is 121 cm³/mol. The molecule has 3 atom stereocenters. The normalized spacial score (nSPS) is 20.1. The number of carbonyl (C=O) groups excluding carboxylic acids is 1. The minimum atomic E-state index is -0.625. The lowest BCUT2D eigenvalue weighted by Gasteiger charge is -2.26. The Morgan fingerprint density at radius 2 is 1.59 bits per heavy atom. The van der Waals surface area contributed by atoms with E-state index in [1.807, 2.05) is 55.6 Å². The van der Waals surface area contributed by atoms with Gasteiger partial charge in [-0.25, -0.2) is 0 Å². The number of carbonyl (C=O) groups is 1. The number of hydrogen-bond donors (Lipinski definition) is 1. The van der Waals surface area contributed by atoms with Gasteiger partial charge in [-0.15, -0.1) is 0 Å². The van der Waals surface area contributed by atoms with Crippen molar-refractivity contribution in [3.05, 3.63) is 60.2 Å². The molecule has 29 heavy (non-hydrogen) atoms. The fourth-order valence-electron chi connectivity index (χ4n) is 4.32. The van der Waals surface area contributed by atoms with Crippen molar-refractivity contribution in [2.45, 2.75) is 58.2 Å². The summed E-state index contributed by atoms with van der Waals surface area (Å²) >= 11 is 0. The molecule has 0 radical (unpaired) electrons. The van der Waals surface area contributed by atoms with Gasteiger partial charge in [0.25, 0.3) is 0 Å². The summed E-state index contributed by atoms with van der Waals surface area (Å²) in [5.74, 6) is 0.789. The molecule has 0 aliphatic heterocycles. The van der Waals surface area contributed by atoms with Crippen molar-refractivity contribution in [3.63, 3.8) is 0 Å². The predicted octanol–water partition coefficient (Wildman–Crippen LogP) is 6.16. The van der Waals surface area contributed by atoms with Gasteiger partial charge in [0, 0.05) is 19.1 Å². The molecule has 154 valence electrons. The van der Waals surface area contributed by atoms with Crippen molar-refractivity contribution in [2.24, 2.45) is 5.92 Å². The van der Waals surface area contributed by atoms with E-state index < -0.39 is 6.10 Å². The molecule has 3 heteroatoms. The van der Waals surface area contributed by atoms with Gasteiger partial charge in [0.05, 0.1) is 12.2 Å². The van der Waals surface area contributed by atoms with Gasteiger partial charge in [0.15, 0.2) is 5.78 Å². The number of aliphatic hydroxyl groups is 1. The molecule has 1 fully saturated rings. The van der Waals surface area contributed by atoms with E-state index in [0.29, 0.717) is 6.10 Å². The highest BCUT2D eigenvalue weighted by molar-refractivity contribution is 6.18. The lowest BCUT2D eigenvalue weighted by Crippen LogP contribution is -2.23. The van der Waals surface area contributed by atoms with Gasteiger partial charge in [-0.05, 0) is 53.3 Å². The molecule has 0 heterocycles. The molecule has 0 bridgehead atoms. The van der Waals surface area contributed by atoms with Crippen LogP contribution in [-0.2, 0) is 4.74 Å². The molecule has 0 spiro atoms. The first-order valence-corrected chi connectivity index (χ1v) is 10.7. The van der Waals surface area contributed by atoms with Crippen LogP contribution in [0.25, 0.3) is 21.5 Å². The lowest BCUT2D eigenvalue weighted by atomic mass is 9.88. The summed E-state index contributed by atoms with van der Waals surface area (Å²) in [6, 6.07) is 17.9. The highest BCUT2D eigenvalue weighted by Gasteiger charge is 2.20. The van der Waals surface area contributed by atoms with Crippen LogP contribution in [0.3, 0.4) is 0 Å². The standard InChI is InChI=1S/C18H16O2.C8H16O/c1-12(19)10-17(20)18-15-8-4-2-6-13(15)11-14-7-3-5-9-16(14)18;1-7-5-3-4-6-8(7)9-2/h2-9,11-12,19H,10H2,1H3;7-8H,3-6H2,1-2H3. The molecule has 3 unspecified atom stereocenters. The zero-order chi connectivity index (χ0) is 20.8. The minimum Gasteiger partial charge on any atom is -0.393 e. The van der Waals surface area contributed by atoms with Gasteiger partial charge in [0.2, 0.25) is 0 Å². The number of methoxy groups -OCH3 is 1. The Bertz CT molecular complexity index is 906. The van der Waals surface area contributed by atoms with Gasteiger partial charge in [-0.2, -0.15) is 0 Å². The van der Waals surface area contributed by atoms with E-state index in [0.717, 1.165) is 33.0 Å². The number of rotatable bonds is 4. The van der Waals surface area contributed by atoms with Gasteiger partial charge in [-0.3, -0.25) is 4.79 Å². The molecule has 1 saturated carbocycles. The second-order valence-electron chi connectivity index (χ2n) is 8.21. The van der Waals surface area contributed by atoms with Gasteiger partial charge < -0.3 is 9.84 Å². The van der Waals surface area contributed by atoms with E-state index in [-0.39, 0.29) is 12.2 Å². The van der Waals surface area contributed by atoms with Crippen molar-refractivity contribution >= 4 is 27.3 Å². The van der Waals surface area contributed by atoms with Gasteiger partial charge in [-0.1, -0.05) is 68.3 Å². The number of hydrogen-bond acceptors (Lipinski definition) is 3. The van der Waals surface area contributed by atoms with Gasteiger partial charge in [0.1, 0.15) is 0 Å². The minimum absolute atomic E-state index is 0.00648. The Kier molecular flexibility index (Phi) is 7.40. The maximum atomic E-state index is 12.5. The Morgan fingerprint density at radius 3 is 2.07 bits per heavy atom. The van der Waals surface area contributed by atoms with Crippen LogP contribution in [0.1, 0.15) is 56.3 Å². The summed E-state index contributed by atoms with van der Waals surface area (Å²) < 4.78 is 5.30. The first-order chi connectivity index (χ1) is 14.0. The van der Waals surface area contributed by atoms with Crippen molar-refractivity contribution < 1.29 is 14.6 Å². The second-order valence-corrected chi connectivity index (χ2v) is 8.21. The SMILES string of the molecule is CC(O)CC(=O)c1c2ccccc2cc2ccccc12.COC1CCCCC1C. The average molecular weight is 393 g/mol. The number of Topliss-reactive ketones (excluding diaryl/α,β-unsaturated/α-hetero) is 1. The number of ether oxygens (including phenoxy) is 1. The molecule has 1 N–H and O–H groups in total. The summed E-state index contributed by atoms with van der Waals surface area (Å²) in [6.07, 6.45) is 5.48. The molecule has 0 aromatic heterocycles. The number of fused-ring (bicyclic) bond motifs is 2. The molecule has 1 aliphatic rings. The number of ketones is 1. The monoisotopic (exact) mass is 392 g/mol. The first kappa shape index (κ1) is 21.5. The third-order valence-electron chi connectivity index (χ3n) is 5.87. The smallest absolute Gasteiger partial charge is 0.166 e. The van der Waals surface area contributed by atoms with Crippen LogP contribution in [0.5, 0.6) is 0 Å². The summed E-state index contributed by atoms with van der Waals surface area (Å²) in [4.78, 5) is 12.5. The summed E-state index contributed by atoms with van der Waals surface area (Å²) in [7, 11) is 1.83. The van der Waals surface area contributed by atoms with Crippen LogP contribution in [0.4, 0.5) is 0 Å². The molecule has 3 nitrogen and oxygen atoms in total. The lowest BCUT2D eigenvalue weighted by molar-refractivity contribution is 0.0310. The number of aliphatic hydroxyl groups excluding tert-OH is 1. The van der Waals surface area contributed by atoms with Crippen molar-refractivity contribution in [1.29, 1.82) is 0 Å². The summed E-state index contributed by atoms with van der Waals surface area (Å²) in [5, 5.41) is 13.5. The largest absolute Gasteiger partial charge is 0.393 e. The van der Waals surface area contributed by atoms with Crippen molar-refractivity contribution in [2.75, 3.05) is 7.11 Å². The van der Waals surface area contributed by atoms with E-state index in [1.165, 1.54) is 25.7 Å². The fraction of sp³-hybridized carbons (Fsp3) is 0.423. The Hall–Kier alpha value is -2.23. The molecule has 3 aromatic rings. The van der Waals surface area contributed by atoms with E-state index in [1.54, 1.807) is 6.92 Å². The average Bonchev–Trinajstić information content (AvgIpc) is 2.72. The van der Waals surface area contributed by atoms with Crippen LogP contribution in [0.15, 0.2) is 54.6 Å². The van der Waals surface area contributed by atoms with Crippen LogP contribution in [0.2, 0.25) is 0 Å². The molecule has 3 aromatic carbocycles. The molecule has 0 saturated heterocycles. The highest BCUT2D eigenvalue weighted by atomic mass is 16.5. The Balaban J connectivity index is 0.000000224. The van der Waals surface area contributed by atoms with Crippen LogP contribution < -0.4 is 0 Å². The molecule has 4 rings (SSSR count). The van der Waals surface area contributed by atoms with Crippen molar-refractivity contribution in [3.8, 4) is 0 Å². The van der Waals surface area contributed by atoms with Crippen molar-refractivity contribution in [1.82, 2.24) is 0 Å². The third-order valence-corrected chi connectivity index (χ3v) is 5.87. The zero-order valence-electron chi connectivity index (χ0n) is 17.7. The second kappa shape index (κ2) is 10.00. The number of benzene rings is 3. The summed E-state index contributed by atoms with van der Waals surface area (Å²) in [5.41, 5.74) is 0.722. The molecule has 0 amide bonds. The van der Waals surface area contributed by atoms with Crippen LogP contribution >= 0.6 is 0 Å². The highest BCUT2D eigenvalue weighted by Crippen LogP contribution is 2.29. The molecular weight excluding hydrogens is 360 g/mol. The summed E-state index contributed by atoms with van der Waals surface area (Å²) in [6.45, 7) is 3.93. The third kappa shape index (κ3) is 5.23. The molecule has 1 aliphatic carbocycles. The van der Waals surface area contributed by atoms with E-state index in [4.69, 9.17) is 4.74 Å². The topological polar surface area (TPSA) is 46.5 Å². The maximum Gasteiger partial charge on any atom is 0.166 e. The fourth-order valence-corrected chi connectivity index (χ4v) is 4.32. The quantitative estimate of drug-likeness (QED) is 0.427. The maximum absolute atomic E-state index is 12.5. The van der Waals surface area contributed by atoms with E-state index in [9.17, 15) is 9.90 Å². The van der Waals surface area contributed by atoms with Crippen LogP contribution in [0, 0.1) is 5.92 Å². The molecular formula is C26H32O3. The Morgan fingerprint density at radius 1 is 1.03 bits per heavy atom. The Labute approximate surface area is 173 Å². The first-order valence-electron chi connectivity index (χ1n) is 10.7.